The summed E-state index contributed by atoms with van der Waals surface area (Å²) in [5.41, 5.74) is 4.43. The van der Waals surface area contributed by atoms with Crippen molar-refractivity contribution in [2.24, 2.45) is 4.99 Å². The lowest BCUT2D eigenvalue weighted by molar-refractivity contribution is 0.338. The fourth-order valence-corrected chi connectivity index (χ4v) is 3.85. The average Bonchev–Trinajstić information content (AvgIpc) is 3.14. The van der Waals surface area contributed by atoms with Crippen LogP contribution in [-0.4, -0.2) is 36.8 Å². The van der Waals surface area contributed by atoms with Gasteiger partial charge in [0.25, 0.3) is 0 Å². The summed E-state index contributed by atoms with van der Waals surface area (Å²) in [5, 5.41) is 10.9. The van der Waals surface area contributed by atoms with E-state index in [1.165, 1.54) is 12.0 Å². The van der Waals surface area contributed by atoms with Crippen LogP contribution in [-0.2, 0) is 12.0 Å². The molecule has 24 heavy (non-hydrogen) atoms. The van der Waals surface area contributed by atoms with E-state index in [1.54, 1.807) is 7.11 Å². The van der Waals surface area contributed by atoms with Gasteiger partial charge < -0.3 is 15.4 Å². The van der Waals surface area contributed by atoms with E-state index in [1.807, 2.05) is 31.2 Å². The molecule has 2 heterocycles. The molecule has 0 amide bonds. The number of rotatable bonds is 4. The molecule has 1 fully saturated rings. The van der Waals surface area contributed by atoms with E-state index < -0.39 is 0 Å². The van der Waals surface area contributed by atoms with Crippen molar-refractivity contribution in [2.45, 2.75) is 31.2 Å². The number of aliphatic imine (C=N–C) groups is 1. The maximum atomic E-state index is 5.68. The number of amidine groups is 1. The van der Waals surface area contributed by atoms with Crippen LogP contribution in [0.2, 0.25) is 0 Å². The number of nitrogens with zero attached hydrogens (tertiary/aromatic N) is 3. The highest BCUT2D eigenvalue weighted by molar-refractivity contribution is 6.01. The number of nitrogens with one attached hydrogen (secondary N) is 2. The summed E-state index contributed by atoms with van der Waals surface area (Å²) in [6.07, 6.45) is 7.44. The summed E-state index contributed by atoms with van der Waals surface area (Å²) in [7, 11) is 5.60. The largest absolute Gasteiger partial charge is 0.494 e. The van der Waals surface area contributed by atoms with Crippen LogP contribution in [0.3, 0.4) is 0 Å². The number of ether oxygens (including phenoxy) is 1. The zero-order valence-electron chi connectivity index (χ0n) is 14.4. The van der Waals surface area contributed by atoms with Crippen molar-refractivity contribution in [3.63, 3.8) is 0 Å². The van der Waals surface area contributed by atoms with Crippen molar-refractivity contribution < 1.29 is 4.74 Å². The minimum atomic E-state index is 0.0668. The van der Waals surface area contributed by atoms with Gasteiger partial charge in [0, 0.05) is 25.4 Å². The predicted octanol–water partition coefficient (Wildman–Crippen LogP) is 2.29. The fourth-order valence-electron chi connectivity index (χ4n) is 3.85. The zero-order chi connectivity index (χ0) is 16.7. The van der Waals surface area contributed by atoms with Crippen LogP contribution in [0.4, 0.5) is 5.69 Å². The first kappa shape index (κ1) is 15.2. The van der Waals surface area contributed by atoms with Crippen molar-refractivity contribution in [3.8, 4) is 11.4 Å². The van der Waals surface area contributed by atoms with Gasteiger partial charge in [0.05, 0.1) is 24.4 Å². The Morgan fingerprint density at radius 2 is 2.12 bits per heavy atom. The lowest BCUT2D eigenvalue weighted by Gasteiger charge is -2.40. The number of aromatic nitrogens is 2. The molecule has 1 spiro atoms. The van der Waals surface area contributed by atoms with E-state index in [0.717, 1.165) is 47.9 Å². The lowest BCUT2D eigenvalue weighted by atomic mass is 9.64. The normalized spacial score (nSPS) is 17.4. The summed E-state index contributed by atoms with van der Waals surface area (Å²) in [5.74, 6) is 1.92. The molecule has 2 N–H and O–H groups in total. The summed E-state index contributed by atoms with van der Waals surface area (Å²) in [6, 6.07) is 4.24. The van der Waals surface area contributed by atoms with E-state index in [4.69, 9.17) is 9.73 Å². The molecule has 126 valence electrons. The molecule has 2 aromatic rings. The molecule has 1 aromatic heterocycles. The van der Waals surface area contributed by atoms with Gasteiger partial charge in [-0.25, -0.2) is 9.67 Å². The Labute approximate surface area is 141 Å². The Hall–Kier alpha value is -2.34. The maximum absolute atomic E-state index is 5.68. The molecule has 0 bridgehead atoms. The van der Waals surface area contributed by atoms with Crippen LogP contribution in [0.1, 0.15) is 30.4 Å². The molecule has 1 aliphatic carbocycles. The van der Waals surface area contributed by atoms with Crippen molar-refractivity contribution in [1.29, 1.82) is 0 Å². The Kier molecular flexibility index (Phi) is 3.57. The topological polar surface area (TPSA) is 63.5 Å². The van der Waals surface area contributed by atoms with Gasteiger partial charge in [-0.05, 0) is 37.6 Å². The molecule has 6 heteroatoms. The molecule has 1 aliphatic heterocycles. The molecule has 2 aliphatic rings. The second kappa shape index (κ2) is 5.63. The van der Waals surface area contributed by atoms with E-state index in [-0.39, 0.29) is 5.41 Å². The third-order valence-electron chi connectivity index (χ3n) is 5.21. The molecule has 4 rings (SSSR count). The fraction of sp³-hybridized carbons (Fsp3) is 0.444. The van der Waals surface area contributed by atoms with E-state index >= 15 is 0 Å². The molecule has 0 unspecified atom stereocenters. The summed E-state index contributed by atoms with van der Waals surface area (Å²) in [6.45, 7) is 0.790. The van der Waals surface area contributed by atoms with Gasteiger partial charge in [0.1, 0.15) is 17.3 Å². The third-order valence-corrected chi connectivity index (χ3v) is 5.21. The quantitative estimate of drug-likeness (QED) is 0.905. The molecule has 0 radical (unpaired) electrons. The van der Waals surface area contributed by atoms with Gasteiger partial charge in [-0.15, -0.1) is 0 Å². The van der Waals surface area contributed by atoms with Gasteiger partial charge in [-0.1, -0.05) is 6.42 Å². The van der Waals surface area contributed by atoms with Crippen molar-refractivity contribution in [2.75, 3.05) is 21.2 Å². The van der Waals surface area contributed by atoms with Gasteiger partial charge in [-0.2, -0.15) is 5.10 Å². The van der Waals surface area contributed by atoms with Crippen LogP contribution >= 0.6 is 0 Å². The van der Waals surface area contributed by atoms with Crippen LogP contribution in [0.25, 0.3) is 5.69 Å². The van der Waals surface area contributed by atoms with Crippen molar-refractivity contribution >= 4 is 11.5 Å². The van der Waals surface area contributed by atoms with E-state index in [9.17, 15) is 0 Å². The first-order valence-corrected chi connectivity index (χ1v) is 8.40. The number of fused-ring (bicyclic) bond motifs is 2. The Morgan fingerprint density at radius 1 is 1.29 bits per heavy atom. The molecule has 6 nitrogen and oxygen atoms in total. The first-order chi connectivity index (χ1) is 11.7. The molecular weight excluding hydrogens is 302 g/mol. The lowest BCUT2D eigenvalue weighted by Crippen LogP contribution is -2.45. The minimum Gasteiger partial charge on any atom is -0.494 e. The maximum Gasteiger partial charge on any atom is 0.144 e. The number of likely N-dealkylation sites (N-methyl/N-ethyl adjacent to an activating group) is 1. The summed E-state index contributed by atoms with van der Waals surface area (Å²) >= 11 is 0. The standard InChI is InChI=1S/C18H23N5O/c1-19-9-12-10-21-23(11-12)15-8-14-13(7-16(15)24-3)18(5-4-6-18)17(20-2)22-14/h7-8,10-11,19H,4-6,9H2,1-3H3,(H,20,22). The van der Waals surface area contributed by atoms with Crippen molar-refractivity contribution in [1.82, 2.24) is 20.4 Å². The molecule has 1 saturated carbocycles. The SMILES string of the molecule is CNCc1cnn(-c2cc3c(cc2OC)C2(CCC2)C(NC)=N3)c1. The second-order valence-corrected chi connectivity index (χ2v) is 6.51. The third kappa shape index (κ3) is 2.06. The Balaban J connectivity index is 1.81. The number of benzene rings is 1. The summed E-state index contributed by atoms with van der Waals surface area (Å²) in [4.78, 5) is 4.85. The minimum absolute atomic E-state index is 0.0668. The van der Waals surface area contributed by atoms with Gasteiger partial charge in [0.15, 0.2) is 0 Å². The number of methoxy groups -OCH3 is 1. The Morgan fingerprint density at radius 3 is 2.75 bits per heavy atom. The van der Waals surface area contributed by atoms with Crippen molar-refractivity contribution in [3.05, 3.63) is 35.7 Å². The Bertz CT molecular complexity index is 804. The van der Waals surface area contributed by atoms with Crippen LogP contribution in [0.15, 0.2) is 29.5 Å². The van der Waals surface area contributed by atoms with Crippen LogP contribution < -0.4 is 15.4 Å². The number of hydrogen-bond acceptors (Lipinski definition) is 5. The molecule has 0 saturated heterocycles. The highest BCUT2D eigenvalue weighted by Crippen LogP contribution is 2.53. The number of hydrogen-bond donors (Lipinski definition) is 2. The van der Waals surface area contributed by atoms with Gasteiger partial charge in [0.2, 0.25) is 0 Å². The molecule has 1 aromatic carbocycles. The average molecular weight is 325 g/mol. The zero-order valence-corrected chi connectivity index (χ0v) is 14.4. The monoisotopic (exact) mass is 325 g/mol. The summed E-state index contributed by atoms with van der Waals surface area (Å²) < 4.78 is 7.54. The molecular formula is C18H23N5O. The van der Waals surface area contributed by atoms with Gasteiger partial charge >= 0.3 is 0 Å². The van der Waals surface area contributed by atoms with Crippen LogP contribution in [0, 0.1) is 0 Å². The second-order valence-electron chi connectivity index (χ2n) is 6.51. The van der Waals surface area contributed by atoms with E-state index in [2.05, 4.69) is 27.9 Å². The highest BCUT2D eigenvalue weighted by Gasteiger charge is 2.48. The van der Waals surface area contributed by atoms with Crippen LogP contribution in [0.5, 0.6) is 5.75 Å². The first-order valence-electron chi connectivity index (χ1n) is 8.40. The van der Waals surface area contributed by atoms with Gasteiger partial charge in [-0.3, -0.25) is 0 Å². The van der Waals surface area contributed by atoms with E-state index in [0.29, 0.717) is 0 Å². The smallest absolute Gasteiger partial charge is 0.144 e. The highest BCUT2D eigenvalue weighted by atomic mass is 16.5. The predicted molar refractivity (Wildman–Crippen MR) is 94.6 cm³/mol. The molecule has 0 atom stereocenters.